The van der Waals surface area contributed by atoms with E-state index in [1.165, 1.54) is 13.2 Å². The average Bonchev–Trinajstić information content (AvgIpc) is 2.82. The number of aliphatic imine (C=N–C) groups is 1. The van der Waals surface area contributed by atoms with Crippen molar-refractivity contribution in [3.63, 3.8) is 0 Å². The summed E-state index contributed by atoms with van der Waals surface area (Å²) >= 11 is 6.05. The van der Waals surface area contributed by atoms with Crippen LogP contribution in [0.25, 0.3) is 0 Å². The first-order chi connectivity index (χ1) is 13.0. The third kappa shape index (κ3) is 4.07. The lowest BCUT2D eigenvalue weighted by Gasteiger charge is -2.32. The number of ether oxygens (including phenoxy) is 1. The van der Waals surface area contributed by atoms with Crippen LogP contribution in [0.4, 0.5) is 0 Å². The molecule has 2 heterocycles. The average molecular weight is 426 g/mol. The van der Waals surface area contributed by atoms with Crippen molar-refractivity contribution in [2.75, 3.05) is 12.9 Å². The van der Waals surface area contributed by atoms with E-state index >= 15 is 0 Å². The lowest BCUT2D eigenvalue weighted by atomic mass is 9.69. The molecule has 1 aromatic rings. The highest BCUT2D eigenvalue weighted by molar-refractivity contribution is 7.92. The molecule has 2 atom stereocenters. The van der Waals surface area contributed by atoms with Crippen LogP contribution in [-0.2, 0) is 23.9 Å². The van der Waals surface area contributed by atoms with Crippen molar-refractivity contribution < 1.29 is 22.5 Å². The largest absolute Gasteiger partial charge is 0.469 e. The van der Waals surface area contributed by atoms with Gasteiger partial charge < -0.3 is 14.0 Å². The van der Waals surface area contributed by atoms with E-state index in [0.29, 0.717) is 5.71 Å². The maximum absolute atomic E-state index is 12.7. The molecule has 0 spiro atoms. The molecule has 0 bridgehead atoms. The van der Waals surface area contributed by atoms with Gasteiger partial charge >= 0.3 is 7.12 Å². The second-order valence-corrected chi connectivity index (χ2v) is 10.4. The van der Waals surface area contributed by atoms with Crippen molar-refractivity contribution in [1.29, 1.82) is 0 Å². The Labute approximate surface area is 172 Å². The Morgan fingerprint density at radius 1 is 1.18 bits per heavy atom. The molecule has 0 radical (unpaired) electrons. The van der Waals surface area contributed by atoms with E-state index in [1.807, 2.05) is 33.8 Å². The molecule has 0 aromatic heterocycles. The Bertz CT molecular complexity index is 897. The van der Waals surface area contributed by atoms with Gasteiger partial charge in [-0.25, -0.2) is 8.42 Å². The van der Waals surface area contributed by atoms with E-state index in [4.69, 9.17) is 25.6 Å². The zero-order chi connectivity index (χ0) is 20.7. The quantitative estimate of drug-likeness (QED) is 0.674. The molecule has 2 unspecified atom stereocenters. The van der Waals surface area contributed by atoms with Crippen molar-refractivity contribution >= 4 is 34.3 Å². The smallest absolute Gasteiger partial charge is 0.403 e. The molecule has 0 saturated carbocycles. The van der Waals surface area contributed by atoms with Gasteiger partial charge in [-0.3, -0.25) is 4.99 Å². The molecule has 2 aliphatic rings. The Kier molecular flexibility index (Phi) is 5.82. The number of halogens is 1. The summed E-state index contributed by atoms with van der Waals surface area (Å²) in [5, 5.41) is 0.196. The maximum atomic E-state index is 12.7. The van der Waals surface area contributed by atoms with Gasteiger partial charge in [-0.1, -0.05) is 29.8 Å². The molecule has 0 N–H and O–H groups in total. The predicted octanol–water partition coefficient (Wildman–Crippen LogP) is 3.56. The fraction of sp³-hybridized carbons (Fsp3) is 0.526. The fourth-order valence-corrected chi connectivity index (χ4v) is 5.00. The van der Waals surface area contributed by atoms with Gasteiger partial charge in [0.25, 0.3) is 0 Å². The number of allylic oxidation sites excluding steroid dienone is 1. The molecule has 6 nitrogen and oxygen atoms in total. The summed E-state index contributed by atoms with van der Waals surface area (Å²) in [6.07, 6.45) is 2.94. The number of hydrogen-bond acceptors (Lipinski definition) is 6. The van der Waals surface area contributed by atoms with Crippen LogP contribution in [0.3, 0.4) is 0 Å². The summed E-state index contributed by atoms with van der Waals surface area (Å²) < 4.78 is 43.2. The number of methoxy groups -OCH3 is 1. The topological polar surface area (TPSA) is 74.2 Å². The van der Waals surface area contributed by atoms with Crippen LogP contribution in [-0.4, -0.2) is 51.5 Å². The van der Waals surface area contributed by atoms with Crippen LogP contribution in [0.5, 0.6) is 0 Å². The first-order valence-electron chi connectivity index (χ1n) is 9.07. The Hall–Kier alpha value is -1.19. The predicted molar refractivity (Wildman–Crippen MR) is 111 cm³/mol. The number of nitrogens with zero attached hydrogens (tertiary/aromatic N) is 1. The van der Waals surface area contributed by atoms with Gasteiger partial charge in [0.15, 0.2) is 16.1 Å². The first kappa shape index (κ1) is 21.5. The summed E-state index contributed by atoms with van der Waals surface area (Å²) in [4.78, 5) is 4.58. The van der Waals surface area contributed by atoms with Crippen LogP contribution < -0.4 is 0 Å². The van der Waals surface area contributed by atoms with E-state index in [-0.39, 0.29) is 21.5 Å². The van der Waals surface area contributed by atoms with Crippen molar-refractivity contribution in [3.05, 3.63) is 41.4 Å². The summed E-state index contributed by atoms with van der Waals surface area (Å²) in [6, 6.07) is 6.38. The number of rotatable bonds is 5. The van der Waals surface area contributed by atoms with Gasteiger partial charge in [-0.2, -0.15) is 0 Å². The van der Waals surface area contributed by atoms with Gasteiger partial charge in [-0.05, 0) is 45.9 Å². The second kappa shape index (κ2) is 7.57. The number of sulfone groups is 1. The molecule has 1 fully saturated rings. The lowest BCUT2D eigenvalue weighted by Crippen LogP contribution is -2.41. The Morgan fingerprint density at radius 3 is 2.36 bits per heavy atom. The van der Waals surface area contributed by atoms with Crippen molar-refractivity contribution in [2.45, 2.75) is 55.8 Å². The second-order valence-electron chi connectivity index (χ2n) is 8.00. The van der Waals surface area contributed by atoms with Crippen molar-refractivity contribution in [1.82, 2.24) is 0 Å². The van der Waals surface area contributed by atoms with Gasteiger partial charge in [0, 0.05) is 7.11 Å². The highest BCUT2D eigenvalue weighted by atomic mass is 35.5. The number of dihydropyridines is 1. The molecule has 1 saturated heterocycles. The van der Waals surface area contributed by atoms with Gasteiger partial charge in [-0.15, -0.1) is 0 Å². The van der Waals surface area contributed by atoms with E-state index in [2.05, 4.69) is 4.99 Å². The molecule has 2 aliphatic heterocycles. The van der Waals surface area contributed by atoms with E-state index in [1.54, 1.807) is 24.3 Å². The summed E-state index contributed by atoms with van der Waals surface area (Å²) in [5.74, 6) is -0.541. The third-order valence-corrected chi connectivity index (χ3v) is 7.61. The van der Waals surface area contributed by atoms with Crippen molar-refractivity contribution in [3.8, 4) is 0 Å². The molecule has 9 heteroatoms. The molecular formula is C19H25BClNO5S. The van der Waals surface area contributed by atoms with Crippen LogP contribution in [0.1, 0.15) is 27.7 Å². The highest BCUT2D eigenvalue weighted by Crippen LogP contribution is 2.42. The monoisotopic (exact) mass is 425 g/mol. The van der Waals surface area contributed by atoms with Gasteiger partial charge in [0.2, 0.25) is 0 Å². The Morgan fingerprint density at radius 2 is 1.79 bits per heavy atom. The SMILES string of the molecule is COC1N=C(CS(=O)(=O)c2ccccc2Cl)C=CC1B1OC(C)(C)C(C)(C)O1. The molecule has 152 valence electrons. The minimum Gasteiger partial charge on any atom is -0.403 e. The maximum Gasteiger partial charge on any atom is 0.469 e. The summed E-state index contributed by atoms with van der Waals surface area (Å²) in [6.45, 7) is 7.91. The molecule has 28 heavy (non-hydrogen) atoms. The molecule has 3 rings (SSSR count). The fourth-order valence-electron chi connectivity index (χ4n) is 3.15. The standard InChI is InChI=1S/C19H25BClNO5S/c1-18(2)19(3,4)27-20(26-18)14-11-10-13(22-17(14)25-5)12-28(23,24)16-9-7-6-8-15(16)21/h6-11,14,17H,12H2,1-5H3. The lowest BCUT2D eigenvalue weighted by molar-refractivity contribution is 0.00578. The van der Waals surface area contributed by atoms with Crippen LogP contribution >= 0.6 is 11.6 Å². The van der Waals surface area contributed by atoms with Crippen molar-refractivity contribution in [2.24, 2.45) is 4.99 Å². The van der Waals surface area contributed by atoms with E-state index < -0.39 is 34.4 Å². The zero-order valence-electron chi connectivity index (χ0n) is 16.7. The number of benzene rings is 1. The van der Waals surface area contributed by atoms with E-state index in [9.17, 15) is 8.42 Å². The summed E-state index contributed by atoms with van der Waals surface area (Å²) in [5.41, 5.74) is -0.540. The van der Waals surface area contributed by atoms with Crippen LogP contribution in [0, 0.1) is 0 Å². The summed E-state index contributed by atoms with van der Waals surface area (Å²) in [7, 11) is -2.63. The Balaban J connectivity index is 1.79. The molecule has 0 amide bonds. The molecule has 1 aromatic carbocycles. The number of hydrogen-bond donors (Lipinski definition) is 0. The zero-order valence-corrected chi connectivity index (χ0v) is 18.3. The highest BCUT2D eigenvalue weighted by Gasteiger charge is 2.55. The van der Waals surface area contributed by atoms with Gasteiger partial charge in [0.05, 0.1) is 38.4 Å². The van der Waals surface area contributed by atoms with Gasteiger partial charge in [0.1, 0.15) is 0 Å². The minimum absolute atomic E-state index is 0.0924. The van der Waals surface area contributed by atoms with Crippen LogP contribution in [0.15, 0.2) is 46.3 Å². The first-order valence-corrected chi connectivity index (χ1v) is 11.1. The van der Waals surface area contributed by atoms with Crippen LogP contribution in [0.2, 0.25) is 10.8 Å². The molecule has 0 aliphatic carbocycles. The third-order valence-electron chi connectivity index (χ3n) is 5.47. The molecular weight excluding hydrogens is 401 g/mol. The minimum atomic E-state index is -3.63. The van der Waals surface area contributed by atoms with E-state index in [0.717, 1.165) is 0 Å². The normalized spacial score (nSPS) is 26.4.